The molecule has 0 bridgehead atoms. The lowest BCUT2D eigenvalue weighted by Crippen LogP contribution is -2.35. The molecule has 0 spiro atoms. The molecule has 1 atom stereocenters. The highest BCUT2D eigenvalue weighted by molar-refractivity contribution is 5.94. The van der Waals surface area contributed by atoms with E-state index >= 15 is 0 Å². The Kier molecular flexibility index (Phi) is 6.22. The summed E-state index contributed by atoms with van der Waals surface area (Å²) in [7, 11) is 0. The number of carbonyl (C=O) groups is 1. The first kappa shape index (κ1) is 18.9. The quantitative estimate of drug-likeness (QED) is 0.835. The molecule has 0 radical (unpaired) electrons. The van der Waals surface area contributed by atoms with Crippen LogP contribution in [-0.4, -0.2) is 43.2 Å². The Balaban J connectivity index is 1.30. The summed E-state index contributed by atoms with van der Waals surface area (Å²) in [6.07, 6.45) is 9.27. The van der Waals surface area contributed by atoms with E-state index in [1.807, 2.05) is 12.3 Å². The molecule has 4 rings (SSSR count). The number of carbonyl (C=O) groups excluding carboxylic acids is 1. The summed E-state index contributed by atoms with van der Waals surface area (Å²) >= 11 is 0. The zero-order valence-corrected chi connectivity index (χ0v) is 16.3. The first-order valence-corrected chi connectivity index (χ1v) is 10.4. The summed E-state index contributed by atoms with van der Waals surface area (Å²) in [6.45, 7) is 3.41. The van der Waals surface area contributed by atoms with E-state index in [1.165, 1.54) is 18.4 Å². The summed E-state index contributed by atoms with van der Waals surface area (Å²) in [5, 5.41) is 2.98. The van der Waals surface area contributed by atoms with E-state index in [9.17, 15) is 4.79 Å². The highest BCUT2D eigenvalue weighted by Gasteiger charge is 2.21. The van der Waals surface area contributed by atoms with Crippen LogP contribution >= 0.6 is 0 Å². The molecule has 1 aromatic heterocycles. The summed E-state index contributed by atoms with van der Waals surface area (Å²) in [5.74, 6) is 0.660. The number of piperidine rings is 1. The largest absolute Gasteiger partial charge is 0.376 e. The van der Waals surface area contributed by atoms with E-state index in [0.717, 1.165) is 50.6 Å². The summed E-state index contributed by atoms with van der Waals surface area (Å²) < 4.78 is 5.57. The van der Waals surface area contributed by atoms with Crippen LogP contribution < -0.4 is 10.2 Å². The average molecular weight is 380 g/mol. The third-order valence-electron chi connectivity index (χ3n) is 5.85. The lowest BCUT2D eigenvalue weighted by atomic mass is 9.90. The van der Waals surface area contributed by atoms with Gasteiger partial charge < -0.3 is 15.0 Å². The number of aromatic nitrogens is 1. The highest BCUT2D eigenvalue weighted by atomic mass is 16.5. The van der Waals surface area contributed by atoms with Crippen molar-refractivity contribution in [2.45, 2.75) is 38.2 Å². The van der Waals surface area contributed by atoms with E-state index in [2.05, 4.69) is 45.5 Å². The molecule has 5 heteroatoms. The first-order valence-electron chi connectivity index (χ1n) is 10.4. The van der Waals surface area contributed by atoms with Crippen LogP contribution in [0, 0.1) is 5.92 Å². The van der Waals surface area contributed by atoms with Gasteiger partial charge in [0.1, 0.15) is 0 Å². The molecular formula is C23H29N3O2. The number of ether oxygens (including phenoxy) is 1. The molecule has 0 saturated carbocycles. The van der Waals surface area contributed by atoms with Crippen LogP contribution in [0.2, 0.25) is 0 Å². The van der Waals surface area contributed by atoms with Crippen LogP contribution in [-0.2, 0) is 11.2 Å². The van der Waals surface area contributed by atoms with Crippen molar-refractivity contribution < 1.29 is 9.53 Å². The number of pyridine rings is 1. The molecule has 2 saturated heterocycles. The molecule has 0 aliphatic carbocycles. The fraction of sp³-hybridized carbons (Fsp3) is 0.478. The molecule has 1 N–H and O–H groups in total. The Bertz CT molecular complexity index is 766. The maximum Gasteiger partial charge on any atom is 0.253 e. The number of rotatable bonds is 6. The van der Waals surface area contributed by atoms with Gasteiger partial charge in [0.15, 0.2) is 0 Å². The van der Waals surface area contributed by atoms with Gasteiger partial charge in [-0.15, -0.1) is 0 Å². The molecular weight excluding hydrogens is 350 g/mol. The number of hydrogen-bond donors (Lipinski definition) is 1. The Labute approximate surface area is 167 Å². The minimum Gasteiger partial charge on any atom is -0.376 e. The van der Waals surface area contributed by atoms with Crippen LogP contribution in [0.5, 0.6) is 0 Å². The van der Waals surface area contributed by atoms with E-state index in [-0.39, 0.29) is 12.0 Å². The second kappa shape index (κ2) is 9.20. The highest BCUT2D eigenvalue weighted by Crippen LogP contribution is 2.26. The van der Waals surface area contributed by atoms with Gasteiger partial charge in [0.25, 0.3) is 5.91 Å². The van der Waals surface area contributed by atoms with Crippen molar-refractivity contribution in [1.29, 1.82) is 0 Å². The standard InChI is InChI=1S/C23H29N3O2/c27-23(25-17-22-7-4-12-28-22)20-14-21(16-24-15-20)26-10-8-19(9-11-26)13-18-5-2-1-3-6-18/h1-3,5-6,14-16,19,22H,4,7-13,17H2,(H,25,27). The summed E-state index contributed by atoms with van der Waals surface area (Å²) in [5.41, 5.74) is 3.09. The second-order valence-electron chi connectivity index (χ2n) is 7.90. The number of nitrogens with one attached hydrogen (secondary N) is 1. The van der Waals surface area contributed by atoms with Crippen LogP contribution in [0.3, 0.4) is 0 Å². The Hall–Kier alpha value is -2.40. The molecule has 2 aromatic rings. The predicted octanol–water partition coefficient (Wildman–Crippen LogP) is 3.45. The topological polar surface area (TPSA) is 54.5 Å². The number of amides is 1. The van der Waals surface area contributed by atoms with Gasteiger partial charge >= 0.3 is 0 Å². The zero-order valence-electron chi connectivity index (χ0n) is 16.3. The maximum absolute atomic E-state index is 12.5. The fourth-order valence-electron chi connectivity index (χ4n) is 4.18. The maximum atomic E-state index is 12.5. The van der Waals surface area contributed by atoms with Crippen molar-refractivity contribution in [3.05, 3.63) is 59.9 Å². The van der Waals surface area contributed by atoms with Gasteiger partial charge in [-0.1, -0.05) is 30.3 Å². The van der Waals surface area contributed by atoms with Crippen molar-refractivity contribution in [3.8, 4) is 0 Å². The molecule has 148 valence electrons. The monoisotopic (exact) mass is 379 g/mol. The van der Waals surface area contributed by atoms with Gasteiger partial charge in [0, 0.05) is 32.4 Å². The molecule has 2 aliphatic rings. The Morgan fingerprint density at radius 1 is 1.14 bits per heavy atom. The van der Waals surface area contributed by atoms with Crippen LogP contribution in [0.1, 0.15) is 41.6 Å². The Morgan fingerprint density at radius 3 is 2.71 bits per heavy atom. The van der Waals surface area contributed by atoms with Gasteiger partial charge in [-0.3, -0.25) is 9.78 Å². The molecule has 1 amide bonds. The van der Waals surface area contributed by atoms with Gasteiger partial charge in [0.2, 0.25) is 0 Å². The van der Waals surface area contributed by atoms with Gasteiger partial charge in [-0.05, 0) is 49.7 Å². The second-order valence-corrected chi connectivity index (χ2v) is 7.90. The third kappa shape index (κ3) is 4.90. The number of hydrogen-bond acceptors (Lipinski definition) is 4. The lowest BCUT2D eigenvalue weighted by Gasteiger charge is -2.33. The van der Waals surface area contributed by atoms with E-state index < -0.39 is 0 Å². The van der Waals surface area contributed by atoms with Crippen molar-refractivity contribution >= 4 is 11.6 Å². The van der Waals surface area contributed by atoms with Crippen molar-refractivity contribution in [2.75, 3.05) is 31.1 Å². The van der Waals surface area contributed by atoms with Crippen LogP contribution in [0.4, 0.5) is 5.69 Å². The van der Waals surface area contributed by atoms with E-state index in [1.54, 1.807) is 6.20 Å². The molecule has 28 heavy (non-hydrogen) atoms. The Morgan fingerprint density at radius 2 is 1.96 bits per heavy atom. The molecule has 1 aromatic carbocycles. The summed E-state index contributed by atoms with van der Waals surface area (Å²) in [4.78, 5) is 19.1. The normalized spacial score (nSPS) is 20.3. The molecule has 2 aliphatic heterocycles. The minimum absolute atomic E-state index is 0.0659. The van der Waals surface area contributed by atoms with Crippen LogP contribution in [0.25, 0.3) is 0 Å². The molecule has 5 nitrogen and oxygen atoms in total. The lowest BCUT2D eigenvalue weighted by molar-refractivity contribution is 0.0857. The predicted molar refractivity (Wildman–Crippen MR) is 111 cm³/mol. The van der Waals surface area contributed by atoms with Gasteiger partial charge in [0.05, 0.1) is 23.6 Å². The number of nitrogens with zero attached hydrogens (tertiary/aromatic N) is 2. The smallest absolute Gasteiger partial charge is 0.253 e. The number of anilines is 1. The average Bonchev–Trinajstić information content (AvgIpc) is 3.27. The van der Waals surface area contributed by atoms with Crippen molar-refractivity contribution in [1.82, 2.24) is 10.3 Å². The zero-order chi connectivity index (χ0) is 19.2. The van der Waals surface area contributed by atoms with Crippen LogP contribution in [0.15, 0.2) is 48.8 Å². The third-order valence-corrected chi connectivity index (χ3v) is 5.85. The van der Waals surface area contributed by atoms with E-state index in [4.69, 9.17) is 4.74 Å². The molecule has 1 unspecified atom stereocenters. The van der Waals surface area contributed by atoms with Gasteiger partial charge in [-0.25, -0.2) is 0 Å². The first-order chi connectivity index (χ1) is 13.8. The van der Waals surface area contributed by atoms with Gasteiger partial charge in [-0.2, -0.15) is 0 Å². The summed E-state index contributed by atoms with van der Waals surface area (Å²) in [6, 6.07) is 12.7. The molecule has 2 fully saturated rings. The van der Waals surface area contributed by atoms with Crippen molar-refractivity contribution in [2.24, 2.45) is 5.92 Å². The number of benzene rings is 1. The SMILES string of the molecule is O=C(NCC1CCCO1)c1cncc(N2CCC(Cc3ccccc3)CC2)c1. The fourth-order valence-corrected chi connectivity index (χ4v) is 4.18. The minimum atomic E-state index is -0.0659. The molecule has 3 heterocycles. The van der Waals surface area contributed by atoms with Crippen molar-refractivity contribution in [3.63, 3.8) is 0 Å². The van der Waals surface area contributed by atoms with E-state index in [0.29, 0.717) is 12.1 Å².